The van der Waals surface area contributed by atoms with Gasteiger partial charge in [-0.05, 0) is 38.1 Å². The summed E-state index contributed by atoms with van der Waals surface area (Å²) in [6, 6.07) is 5.57. The molecule has 0 saturated carbocycles. The average Bonchev–Trinajstić information content (AvgIpc) is 2.52. The number of hydrogen-bond acceptors (Lipinski definition) is 6. The summed E-state index contributed by atoms with van der Waals surface area (Å²) < 4.78 is 36.1. The van der Waals surface area contributed by atoms with Crippen molar-refractivity contribution in [1.82, 2.24) is 4.72 Å². The number of carbonyl (C=O) groups excluding carboxylic acids is 2. The summed E-state index contributed by atoms with van der Waals surface area (Å²) in [5.74, 6) is -0.840. The molecule has 0 spiro atoms. The molecule has 1 aromatic rings. The zero-order valence-electron chi connectivity index (χ0n) is 14.6. The van der Waals surface area contributed by atoms with Gasteiger partial charge in [0.15, 0.2) is 0 Å². The number of nitrogens with one attached hydrogen (secondary N) is 2. The molecular weight excluding hydrogens is 348 g/mol. The molecule has 0 aromatic heterocycles. The zero-order chi connectivity index (χ0) is 18.9. The maximum atomic E-state index is 12.0. The largest absolute Gasteiger partial charge is 0.463 e. The van der Waals surface area contributed by atoms with Crippen LogP contribution in [0, 0.1) is 0 Å². The summed E-state index contributed by atoms with van der Waals surface area (Å²) >= 11 is 0. The highest BCUT2D eigenvalue weighted by Crippen LogP contribution is 2.14. The van der Waals surface area contributed by atoms with Gasteiger partial charge in [0.2, 0.25) is 15.9 Å². The van der Waals surface area contributed by atoms with E-state index in [4.69, 9.17) is 9.47 Å². The number of rotatable bonds is 10. The third-order valence-electron chi connectivity index (χ3n) is 2.95. The molecule has 1 rings (SSSR count). The van der Waals surface area contributed by atoms with Gasteiger partial charge in [-0.25, -0.2) is 13.1 Å². The molecule has 8 nitrogen and oxygen atoms in total. The monoisotopic (exact) mass is 372 g/mol. The van der Waals surface area contributed by atoms with Gasteiger partial charge in [0.05, 0.1) is 17.9 Å². The molecule has 0 aliphatic carbocycles. The van der Waals surface area contributed by atoms with Gasteiger partial charge in [0.1, 0.15) is 6.61 Å². The number of carbonyl (C=O) groups is 2. The minimum atomic E-state index is -3.57. The van der Waals surface area contributed by atoms with Gasteiger partial charge < -0.3 is 14.8 Å². The molecule has 140 valence electrons. The number of methoxy groups -OCH3 is 1. The predicted octanol–water partition coefficient (Wildman–Crippen LogP) is 1.28. The second-order valence-electron chi connectivity index (χ2n) is 5.56. The SMILES string of the molecule is COCCOC(=O)CCC(=O)Nc1ccc(S(=O)(=O)NC(C)C)cc1. The van der Waals surface area contributed by atoms with Crippen LogP contribution in [-0.2, 0) is 29.1 Å². The van der Waals surface area contributed by atoms with Gasteiger partial charge in [-0.2, -0.15) is 0 Å². The Labute approximate surface area is 147 Å². The van der Waals surface area contributed by atoms with Crippen LogP contribution in [0.3, 0.4) is 0 Å². The smallest absolute Gasteiger partial charge is 0.306 e. The lowest BCUT2D eigenvalue weighted by molar-refractivity contribution is -0.145. The van der Waals surface area contributed by atoms with Crippen molar-refractivity contribution in [3.8, 4) is 0 Å². The number of esters is 1. The molecule has 0 radical (unpaired) electrons. The Morgan fingerprint density at radius 2 is 1.72 bits per heavy atom. The summed E-state index contributed by atoms with van der Waals surface area (Å²) in [6.45, 7) is 3.91. The molecule has 0 bridgehead atoms. The molecule has 2 N–H and O–H groups in total. The van der Waals surface area contributed by atoms with E-state index in [2.05, 4.69) is 10.0 Å². The number of sulfonamides is 1. The number of benzene rings is 1. The molecule has 9 heteroatoms. The third-order valence-corrected chi connectivity index (χ3v) is 4.62. The van der Waals surface area contributed by atoms with Crippen molar-refractivity contribution in [3.63, 3.8) is 0 Å². The van der Waals surface area contributed by atoms with Crippen molar-refractivity contribution in [2.75, 3.05) is 25.6 Å². The molecular formula is C16H24N2O6S. The Morgan fingerprint density at radius 3 is 2.28 bits per heavy atom. The average molecular weight is 372 g/mol. The molecule has 0 unspecified atom stereocenters. The Balaban J connectivity index is 2.49. The molecule has 0 fully saturated rings. The molecule has 1 amide bonds. The van der Waals surface area contributed by atoms with E-state index in [9.17, 15) is 18.0 Å². The first-order chi connectivity index (χ1) is 11.7. The summed E-state index contributed by atoms with van der Waals surface area (Å²) in [5.41, 5.74) is 0.446. The Bertz CT molecular complexity index is 670. The third kappa shape index (κ3) is 8.10. The van der Waals surface area contributed by atoms with Crippen molar-refractivity contribution in [1.29, 1.82) is 0 Å². The number of ether oxygens (including phenoxy) is 2. The summed E-state index contributed by atoms with van der Waals surface area (Å²) in [7, 11) is -2.07. The van der Waals surface area contributed by atoms with Gasteiger partial charge in [0.25, 0.3) is 0 Å². The molecule has 0 heterocycles. The number of hydrogen-bond donors (Lipinski definition) is 2. The fourth-order valence-electron chi connectivity index (χ4n) is 1.85. The Kier molecular flexibility index (Phi) is 8.53. The van der Waals surface area contributed by atoms with Crippen LogP contribution in [0.25, 0.3) is 0 Å². The van der Waals surface area contributed by atoms with Crippen molar-refractivity contribution < 1.29 is 27.5 Å². The lowest BCUT2D eigenvalue weighted by atomic mass is 10.2. The lowest BCUT2D eigenvalue weighted by Gasteiger charge is -2.10. The van der Waals surface area contributed by atoms with Crippen LogP contribution in [0.2, 0.25) is 0 Å². The van der Waals surface area contributed by atoms with Crippen LogP contribution in [0.1, 0.15) is 26.7 Å². The normalized spacial score (nSPS) is 11.4. The maximum absolute atomic E-state index is 12.0. The second-order valence-corrected chi connectivity index (χ2v) is 7.28. The quantitative estimate of drug-likeness (QED) is 0.473. The first-order valence-electron chi connectivity index (χ1n) is 7.81. The van der Waals surface area contributed by atoms with Crippen molar-refractivity contribution >= 4 is 27.6 Å². The van der Waals surface area contributed by atoms with Crippen LogP contribution in [0.4, 0.5) is 5.69 Å². The standard InChI is InChI=1S/C16H24N2O6S/c1-12(2)18-25(21,22)14-6-4-13(5-7-14)17-15(19)8-9-16(20)24-11-10-23-3/h4-7,12,18H,8-11H2,1-3H3,(H,17,19). The first-order valence-corrected chi connectivity index (χ1v) is 9.29. The van der Waals surface area contributed by atoms with E-state index in [0.29, 0.717) is 12.3 Å². The second kappa shape index (κ2) is 10.1. The molecule has 25 heavy (non-hydrogen) atoms. The zero-order valence-corrected chi connectivity index (χ0v) is 15.4. The van der Waals surface area contributed by atoms with E-state index in [1.807, 2.05) is 0 Å². The van der Waals surface area contributed by atoms with E-state index < -0.39 is 16.0 Å². The lowest BCUT2D eigenvalue weighted by Crippen LogP contribution is -2.30. The highest BCUT2D eigenvalue weighted by molar-refractivity contribution is 7.89. The van der Waals surface area contributed by atoms with Gasteiger partial charge in [-0.1, -0.05) is 0 Å². The molecule has 0 aliphatic heterocycles. The van der Waals surface area contributed by atoms with Gasteiger partial charge in [-0.15, -0.1) is 0 Å². The summed E-state index contributed by atoms with van der Waals surface area (Å²) in [4.78, 5) is 23.3. The topological polar surface area (TPSA) is 111 Å². The van der Waals surface area contributed by atoms with E-state index >= 15 is 0 Å². The van der Waals surface area contributed by atoms with E-state index in [1.54, 1.807) is 13.8 Å². The fraction of sp³-hybridized carbons (Fsp3) is 0.500. The van der Waals surface area contributed by atoms with Crippen molar-refractivity contribution in [2.24, 2.45) is 0 Å². The van der Waals surface area contributed by atoms with E-state index in [1.165, 1.54) is 31.4 Å². The van der Waals surface area contributed by atoms with Crippen molar-refractivity contribution in [2.45, 2.75) is 37.6 Å². The number of amides is 1. The fourth-order valence-corrected chi connectivity index (χ4v) is 3.10. The number of anilines is 1. The highest BCUT2D eigenvalue weighted by Gasteiger charge is 2.15. The molecule has 1 aromatic carbocycles. The van der Waals surface area contributed by atoms with E-state index in [0.717, 1.165) is 0 Å². The maximum Gasteiger partial charge on any atom is 0.306 e. The molecule has 0 atom stereocenters. The van der Waals surface area contributed by atoms with Crippen LogP contribution in [0.5, 0.6) is 0 Å². The first kappa shape index (κ1) is 21.1. The molecule has 0 aliphatic rings. The Hall–Kier alpha value is -1.97. The Morgan fingerprint density at radius 1 is 1.08 bits per heavy atom. The van der Waals surface area contributed by atoms with Gasteiger partial charge in [-0.3, -0.25) is 9.59 Å². The summed E-state index contributed by atoms with van der Waals surface area (Å²) in [6.07, 6.45) is -0.0684. The van der Waals surface area contributed by atoms with Gasteiger partial charge >= 0.3 is 5.97 Å². The minimum Gasteiger partial charge on any atom is -0.463 e. The predicted molar refractivity (Wildman–Crippen MR) is 92.6 cm³/mol. The molecule has 0 saturated heterocycles. The highest BCUT2D eigenvalue weighted by atomic mass is 32.2. The van der Waals surface area contributed by atoms with Crippen LogP contribution >= 0.6 is 0 Å². The van der Waals surface area contributed by atoms with E-state index in [-0.39, 0.29) is 36.3 Å². The minimum absolute atomic E-state index is 0.0270. The van der Waals surface area contributed by atoms with Crippen LogP contribution in [-0.4, -0.2) is 46.7 Å². The van der Waals surface area contributed by atoms with Crippen molar-refractivity contribution in [3.05, 3.63) is 24.3 Å². The van der Waals surface area contributed by atoms with Crippen LogP contribution in [0.15, 0.2) is 29.2 Å². The van der Waals surface area contributed by atoms with Crippen LogP contribution < -0.4 is 10.0 Å². The summed E-state index contributed by atoms with van der Waals surface area (Å²) in [5, 5.41) is 2.60. The van der Waals surface area contributed by atoms with Gasteiger partial charge in [0, 0.05) is 25.3 Å².